The van der Waals surface area contributed by atoms with Gasteiger partial charge in [0.2, 0.25) is 10.0 Å². The average molecular weight is 220 g/mol. The van der Waals surface area contributed by atoms with Gasteiger partial charge in [0.1, 0.15) is 6.54 Å². The van der Waals surface area contributed by atoms with Gasteiger partial charge in [-0.2, -0.15) is 9.57 Å². The zero-order valence-electron chi connectivity index (χ0n) is 7.80. The fraction of sp³-hybridized carbons (Fsp3) is 0.714. The Kier molecular flexibility index (Phi) is 5.12. The van der Waals surface area contributed by atoms with Crippen molar-refractivity contribution in [2.24, 2.45) is 0 Å². The lowest BCUT2D eigenvalue weighted by atomic mass is 10.5. The molecule has 0 rings (SSSR count). The van der Waals surface area contributed by atoms with Crippen molar-refractivity contribution in [2.45, 2.75) is 13.3 Å². The molecule has 14 heavy (non-hydrogen) atoms. The summed E-state index contributed by atoms with van der Waals surface area (Å²) >= 11 is 0. The zero-order valence-corrected chi connectivity index (χ0v) is 8.62. The molecular formula is C7H12N2O4S. The topological polar surface area (TPSA) is 98.5 Å². The lowest BCUT2D eigenvalue weighted by Gasteiger charge is -2.17. The summed E-state index contributed by atoms with van der Waals surface area (Å²) in [5, 5.41) is 16.7. The molecule has 0 aromatic heterocycles. The number of nitrogens with zero attached hydrogens (tertiary/aromatic N) is 2. The third kappa shape index (κ3) is 4.20. The van der Waals surface area contributed by atoms with Gasteiger partial charge in [-0.1, -0.05) is 6.92 Å². The van der Waals surface area contributed by atoms with Gasteiger partial charge in [-0.25, -0.2) is 8.42 Å². The molecule has 0 bridgehead atoms. The monoisotopic (exact) mass is 220 g/mol. The Morgan fingerprint density at radius 2 is 2.14 bits per heavy atom. The first-order valence-corrected chi connectivity index (χ1v) is 5.61. The Balaban J connectivity index is 4.65. The van der Waals surface area contributed by atoms with Gasteiger partial charge < -0.3 is 5.11 Å². The van der Waals surface area contributed by atoms with Crippen LogP contribution in [-0.4, -0.2) is 42.6 Å². The largest absolute Gasteiger partial charge is 0.480 e. The van der Waals surface area contributed by atoms with Gasteiger partial charge in [-0.15, -0.1) is 0 Å². The van der Waals surface area contributed by atoms with Crippen LogP contribution in [0.15, 0.2) is 0 Å². The Morgan fingerprint density at radius 3 is 2.50 bits per heavy atom. The summed E-state index contributed by atoms with van der Waals surface area (Å²) in [6.45, 7) is 1.27. The van der Waals surface area contributed by atoms with Crippen molar-refractivity contribution in [1.82, 2.24) is 4.31 Å². The molecule has 0 aliphatic carbocycles. The van der Waals surface area contributed by atoms with E-state index in [9.17, 15) is 13.2 Å². The number of hydrogen-bond donors (Lipinski definition) is 1. The van der Waals surface area contributed by atoms with Gasteiger partial charge in [0.15, 0.2) is 5.75 Å². The van der Waals surface area contributed by atoms with Crippen LogP contribution in [0.5, 0.6) is 0 Å². The lowest BCUT2D eigenvalue weighted by Crippen LogP contribution is -2.37. The first-order chi connectivity index (χ1) is 6.44. The molecule has 0 amide bonds. The van der Waals surface area contributed by atoms with Crippen LogP contribution in [0.3, 0.4) is 0 Å². The summed E-state index contributed by atoms with van der Waals surface area (Å²) in [7, 11) is -3.74. The number of aliphatic carboxylic acids is 1. The predicted molar refractivity (Wildman–Crippen MR) is 48.9 cm³/mol. The van der Waals surface area contributed by atoms with Crippen LogP contribution in [-0.2, 0) is 14.8 Å². The van der Waals surface area contributed by atoms with Crippen LogP contribution >= 0.6 is 0 Å². The number of carbonyl (C=O) groups is 1. The van der Waals surface area contributed by atoms with Gasteiger partial charge in [-0.05, 0) is 6.42 Å². The standard InChI is InChI=1S/C7H12N2O4S/c1-2-4-9(6-7(10)11)14(12,13)5-3-8/h2,4-6H2,1H3,(H,10,11). The number of nitriles is 1. The Morgan fingerprint density at radius 1 is 1.57 bits per heavy atom. The van der Waals surface area contributed by atoms with Gasteiger partial charge >= 0.3 is 5.97 Å². The van der Waals surface area contributed by atoms with Gasteiger partial charge in [-0.3, -0.25) is 4.79 Å². The first kappa shape index (κ1) is 12.9. The van der Waals surface area contributed by atoms with Gasteiger partial charge in [0, 0.05) is 6.54 Å². The minimum atomic E-state index is -3.74. The Hall–Kier alpha value is -1.13. The summed E-state index contributed by atoms with van der Waals surface area (Å²) in [5.74, 6) is -1.90. The van der Waals surface area contributed by atoms with Crippen LogP contribution in [0.4, 0.5) is 0 Å². The van der Waals surface area contributed by atoms with Crippen molar-refractivity contribution in [3.8, 4) is 6.07 Å². The summed E-state index contributed by atoms with van der Waals surface area (Å²) in [5.41, 5.74) is 0. The molecule has 0 unspecified atom stereocenters. The molecule has 0 aromatic carbocycles. The highest BCUT2D eigenvalue weighted by molar-refractivity contribution is 7.89. The molecule has 0 aromatic rings. The van der Waals surface area contributed by atoms with Crippen molar-refractivity contribution in [3.63, 3.8) is 0 Å². The number of carboxylic acids is 1. The fourth-order valence-corrected chi connectivity index (χ4v) is 2.00. The van der Waals surface area contributed by atoms with E-state index in [0.717, 1.165) is 4.31 Å². The third-order valence-electron chi connectivity index (χ3n) is 1.42. The van der Waals surface area contributed by atoms with Crippen molar-refractivity contribution >= 4 is 16.0 Å². The molecule has 0 aliphatic heterocycles. The van der Waals surface area contributed by atoms with E-state index >= 15 is 0 Å². The molecule has 6 nitrogen and oxygen atoms in total. The van der Waals surface area contributed by atoms with E-state index in [4.69, 9.17) is 10.4 Å². The maximum Gasteiger partial charge on any atom is 0.318 e. The second-order valence-electron chi connectivity index (χ2n) is 2.64. The molecular weight excluding hydrogens is 208 g/mol. The predicted octanol–water partition coefficient (Wildman–Crippen LogP) is -0.364. The van der Waals surface area contributed by atoms with E-state index in [1.165, 1.54) is 6.07 Å². The molecule has 0 heterocycles. The highest BCUT2D eigenvalue weighted by Gasteiger charge is 2.22. The lowest BCUT2D eigenvalue weighted by molar-refractivity contribution is -0.137. The SMILES string of the molecule is CCCN(CC(=O)O)S(=O)(=O)CC#N. The fourth-order valence-electron chi connectivity index (χ4n) is 0.890. The van der Waals surface area contributed by atoms with Crippen LogP contribution in [0.25, 0.3) is 0 Å². The van der Waals surface area contributed by atoms with Crippen LogP contribution in [0.1, 0.15) is 13.3 Å². The van der Waals surface area contributed by atoms with E-state index in [2.05, 4.69) is 0 Å². The molecule has 0 fully saturated rings. The molecule has 0 saturated heterocycles. The van der Waals surface area contributed by atoms with E-state index in [0.29, 0.717) is 6.42 Å². The van der Waals surface area contributed by atoms with Crippen molar-refractivity contribution in [2.75, 3.05) is 18.8 Å². The molecule has 0 spiro atoms. The first-order valence-electron chi connectivity index (χ1n) is 4.00. The second-order valence-corrected chi connectivity index (χ2v) is 4.61. The van der Waals surface area contributed by atoms with Crippen molar-refractivity contribution in [1.29, 1.82) is 5.26 Å². The van der Waals surface area contributed by atoms with Crippen LogP contribution in [0.2, 0.25) is 0 Å². The van der Waals surface area contributed by atoms with Crippen molar-refractivity contribution in [3.05, 3.63) is 0 Å². The maximum absolute atomic E-state index is 11.3. The van der Waals surface area contributed by atoms with E-state index in [-0.39, 0.29) is 6.54 Å². The molecule has 7 heteroatoms. The quantitative estimate of drug-likeness (QED) is 0.658. The number of hydrogen-bond acceptors (Lipinski definition) is 4. The highest BCUT2D eigenvalue weighted by atomic mass is 32.2. The summed E-state index contributed by atoms with van der Waals surface area (Å²) in [6.07, 6.45) is 0.512. The van der Waals surface area contributed by atoms with Gasteiger partial charge in [0.25, 0.3) is 0 Å². The maximum atomic E-state index is 11.3. The number of carboxylic acid groups (broad SMARTS) is 1. The highest BCUT2D eigenvalue weighted by Crippen LogP contribution is 2.02. The number of rotatable bonds is 6. The normalized spacial score (nSPS) is 11.2. The summed E-state index contributed by atoms with van der Waals surface area (Å²) in [6, 6.07) is 1.50. The summed E-state index contributed by atoms with van der Waals surface area (Å²) in [4.78, 5) is 10.3. The zero-order chi connectivity index (χ0) is 11.2. The van der Waals surface area contributed by atoms with Crippen LogP contribution in [0, 0.1) is 11.3 Å². The van der Waals surface area contributed by atoms with Crippen LogP contribution < -0.4 is 0 Å². The van der Waals surface area contributed by atoms with E-state index in [1.54, 1.807) is 6.92 Å². The Labute approximate surface area is 82.8 Å². The van der Waals surface area contributed by atoms with E-state index < -0.39 is 28.3 Å². The molecule has 80 valence electrons. The van der Waals surface area contributed by atoms with Gasteiger partial charge in [0.05, 0.1) is 6.07 Å². The molecule has 1 N–H and O–H groups in total. The Bertz CT molecular complexity index is 330. The summed E-state index contributed by atoms with van der Waals surface area (Å²) < 4.78 is 23.4. The molecule has 0 radical (unpaired) electrons. The smallest absolute Gasteiger partial charge is 0.318 e. The minimum Gasteiger partial charge on any atom is -0.480 e. The average Bonchev–Trinajstić information content (AvgIpc) is 2.02. The molecule has 0 aliphatic rings. The number of sulfonamides is 1. The minimum absolute atomic E-state index is 0.121. The second kappa shape index (κ2) is 5.57. The van der Waals surface area contributed by atoms with Crippen molar-refractivity contribution < 1.29 is 18.3 Å². The van der Waals surface area contributed by atoms with E-state index in [1.807, 2.05) is 0 Å². The molecule has 0 atom stereocenters. The third-order valence-corrected chi connectivity index (χ3v) is 3.02. The molecule has 0 saturated carbocycles.